The molecule has 1 N–H and O–H groups in total. The lowest BCUT2D eigenvalue weighted by Gasteiger charge is -2.34. The number of benzene rings is 2. The van der Waals surface area contributed by atoms with Gasteiger partial charge in [-0.25, -0.2) is 4.39 Å². The molecule has 2 aromatic carbocycles. The van der Waals surface area contributed by atoms with Gasteiger partial charge in [0.25, 0.3) is 0 Å². The van der Waals surface area contributed by atoms with Gasteiger partial charge in [0, 0.05) is 43.5 Å². The van der Waals surface area contributed by atoms with Crippen molar-refractivity contribution in [3.8, 4) is 0 Å². The van der Waals surface area contributed by atoms with E-state index in [4.69, 9.17) is 0 Å². The number of hydrogen-bond donors (Lipinski definition) is 1. The molecule has 5 heteroatoms. The quantitative estimate of drug-likeness (QED) is 0.809. The number of likely N-dealkylation sites (N-methyl/N-ethyl adjacent to an activating group) is 1. The van der Waals surface area contributed by atoms with Gasteiger partial charge >= 0.3 is 0 Å². The molecule has 0 atom stereocenters. The van der Waals surface area contributed by atoms with E-state index in [0.29, 0.717) is 5.56 Å². The second-order valence-electron chi connectivity index (χ2n) is 7.77. The van der Waals surface area contributed by atoms with Crippen molar-refractivity contribution in [3.63, 3.8) is 0 Å². The van der Waals surface area contributed by atoms with E-state index in [1.165, 1.54) is 23.9 Å². The minimum absolute atomic E-state index is 0.189. The van der Waals surface area contributed by atoms with Crippen molar-refractivity contribution in [1.29, 1.82) is 0 Å². The summed E-state index contributed by atoms with van der Waals surface area (Å²) in [5.74, 6) is -0.515. The molecule has 4 nitrogen and oxygen atoms in total. The average Bonchev–Trinajstić information content (AvgIpc) is 3.49. The topological polar surface area (TPSA) is 35.6 Å². The average molecular weight is 379 g/mol. The van der Waals surface area contributed by atoms with Crippen LogP contribution in [0.3, 0.4) is 0 Å². The third-order valence-corrected chi connectivity index (χ3v) is 5.70. The summed E-state index contributed by atoms with van der Waals surface area (Å²) in [5, 5.41) is 3.14. The minimum Gasteiger partial charge on any atom is -0.369 e. The summed E-state index contributed by atoms with van der Waals surface area (Å²) < 4.78 is 13.7. The van der Waals surface area contributed by atoms with E-state index in [1.807, 2.05) is 0 Å². The van der Waals surface area contributed by atoms with Crippen LogP contribution < -0.4 is 10.2 Å². The van der Waals surface area contributed by atoms with Crippen LogP contribution in [0.2, 0.25) is 0 Å². The molecule has 0 bridgehead atoms. The van der Waals surface area contributed by atoms with Gasteiger partial charge in [0.15, 0.2) is 0 Å². The van der Waals surface area contributed by atoms with Crippen LogP contribution in [0.15, 0.2) is 54.6 Å². The first kappa shape index (κ1) is 18.7. The van der Waals surface area contributed by atoms with Crippen LogP contribution in [0.4, 0.5) is 10.1 Å². The molecule has 1 heterocycles. The third-order valence-electron chi connectivity index (χ3n) is 5.70. The molecule has 1 aliphatic heterocycles. The second-order valence-corrected chi connectivity index (χ2v) is 7.77. The number of amides is 1. The standard InChI is InChI=1S/C23H26FN3O/c1-26-13-15-27(16-14-26)20-7-4-6-19(17-20)23(11-12-23)25-22(28)10-9-18-5-2-3-8-21(18)24/h2-10,17H,11-16H2,1H3,(H,25,28)/b10-9+. The smallest absolute Gasteiger partial charge is 0.244 e. The molecule has 1 amide bonds. The van der Waals surface area contributed by atoms with E-state index < -0.39 is 0 Å². The maximum atomic E-state index is 13.7. The van der Waals surface area contributed by atoms with E-state index >= 15 is 0 Å². The molecule has 1 saturated carbocycles. The van der Waals surface area contributed by atoms with Crippen molar-refractivity contribution < 1.29 is 9.18 Å². The van der Waals surface area contributed by atoms with Gasteiger partial charge in [-0.3, -0.25) is 4.79 Å². The van der Waals surface area contributed by atoms with Gasteiger partial charge in [-0.15, -0.1) is 0 Å². The zero-order chi connectivity index (χ0) is 19.6. The fourth-order valence-electron chi connectivity index (χ4n) is 3.73. The summed E-state index contributed by atoms with van der Waals surface area (Å²) in [6.07, 6.45) is 4.81. The minimum atomic E-state index is -0.326. The maximum absolute atomic E-state index is 13.7. The normalized spacial score (nSPS) is 19.0. The Labute approximate surface area is 165 Å². The Morgan fingerprint density at radius 3 is 2.54 bits per heavy atom. The molecule has 4 rings (SSSR count). The van der Waals surface area contributed by atoms with Gasteiger partial charge in [-0.1, -0.05) is 30.3 Å². The first-order valence-corrected chi connectivity index (χ1v) is 9.85. The number of hydrogen-bond acceptors (Lipinski definition) is 3. The van der Waals surface area contributed by atoms with Crippen LogP contribution in [0, 0.1) is 5.82 Å². The monoisotopic (exact) mass is 379 g/mol. The first-order valence-electron chi connectivity index (χ1n) is 9.85. The molecular formula is C23H26FN3O. The predicted octanol–water partition coefficient (Wildman–Crippen LogP) is 3.40. The lowest BCUT2D eigenvalue weighted by atomic mass is 10.0. The molecule has 28 heavy (non-hydrogen) atoms. The van der Waals surface area contributed by atoms with Crippen molar-refractivity contribution in [2.45, 2.75) is 18.4 Å². The molecule has 0 radical (unpaired) electrons. The van der Waals surface area contributed by atoms with Crippen LogP contribution in [-0.2, 0) is 10.3 Å². The predicted molar refractivity (Wildman–Crippen MR) is 111 cm³/mol. The van der Waals surface area contributed by atoms with E-state index in [2.05, 4.69) is 46.4 Å². The van der Waals surface area contributed by atoms with Gasteiger partial charge in [-0.05, 0) is 49.7 Å². The lowest BCUT2D eigenvalue weighted by molar-refractivity contribution is -0.117. The van der Waals surface area contributed by atoms with Crippen LogP contribution in [0.25, 0.3) is 6.08 Å². The number of rotatable bonds is 5. The van der Waals surface area contributed by atoms with Gasteiger partial charge in [0.1, 0.15) is 5.82 Å². The number of nitrogens with one attached hydrogen (secondary N) is 1. The maximum Gasteiger partial charge on any atom is 0.244 e. The highest BCUT2D eigenvalue weighted by Crippen LogP contribution is 2.46. The zero-order valence-electron chi connectivity index (χ0n) is 16.2. The van der Waals surface area contributed by atoms with E-state index in [9.17, 15) is 9.18 Å². The summed E-state index contributed by atoms with van der Waals surface area (Å²) in [4.78, 5) is 17.2. The van der Waals surface area contributed by atoms with Crippen LogP contribution in [0.1, 0.15) is 24.0 Å². The number of anilines is 1. The summed E-state index contributed by atoms with van der Waals surface area (Å²) in [6, 6.07) is 15.0. The SMILES string of the molecule is CN1CCN(c2cccc(C3(NC(=O)/C=C/c4ccccc4F)CC3)c2)CC1. The summed E-state index contributed by atoms with van der Waals surface area (Å²) in [5.41, 5.74) is 2.49. The molecule has 2 fully saturated rings. The number of halogens is 1. The van der Waals surface area contributed by atoms with Crippen molar-refractivity contribution >= 4 is 17.7 Å². The molecule has 2 aliphatic rings. The Kier molecular flexibility index (Phi) is 5.18. The second kappa shape index (κ2) is 7.76. The molecule has 0 spiro atoms. The molecule has 2 aromatic rings. The summed E-state index contributed by atoms with van der Waals surface area (Å²) >= 11 is 0. The highest BCUT2D eigenvalue weighted by molar-refractivity contribution is 5.92. The van der Waals surface area contributed by atoms with E-state index in [1.54, 1.807) is 18.2 Å². The Hall–Kier alpha value is -2.66. The molecular weight excluding hydrogens is 353 g/mol. The molecule has 1 saturated heterocycles. The zero-order valence-corrected chi connectivity index (χ0v) is 16.2. The van der Waals surface area contributed by atoms with Crippen molar-refractivity contribution in [2.24, 2.45) is 0 Å². The highest BCUT2D eigenvalue weighted by atomic mass is 19.1. The fourth-order valence-corrected chi connectivity index (χ4v) is 3.73. The third kappa shape index (κ3) is 4.09. The van der Waals surface area contributed by atoms with Gasteiger partial charge in [0.2, 0.25) is 5.91 Å². The molecule has 0 unspecified atom stereocenters. The van der Waals surface area contributed by atoms with Crippen molar-refractivity contribution in [3.05, 3.63) is 71.6 Å². The van der Waals surface area contributed by atoms with Crippen molar-refractivity contribution in [2.75, 3.05) is 38.1 Å². The number of carbonyl (C=O) groups excluding carboxylic acids is 1. The number of piperazine rings is 1. The number of carbonyl (C=O) groups is 1. The van der Waals surface area contributed by atoms with Crippen LogP contribution in [-0.4, -0.2) is 44.0 Å². The summed E-state index contributed by atoms with van der Waals surface area (Å²) in [7, 11) is 2.15. The first-order chi connectivity index (χ1) is 13.6. The molecule has 146 valence electrons. The fraction of sp³-hybridized carbons (Fsp3) is 0.348. The lowest BCUT2D eigenvalue weighted by Crippen LogP contribution is -2.44. The Morgan fingerprint density at radius 2 is 1.82 bits per heavy atom. The summed E-state index contributed by atoms with van der Waals surface area (Å²) in [6.45, 7) is 4.16. The Morgan fingerprint density at radius 1 is 1.07 bits per heavy atom. The van der Waals surface area contributed by atoms with E-state index in [-0.39, 0.29) is 17.3 Å². The van der Waals surface area contributed by atoms with Crippen LogP contribution >= 0.6 is 0 Å². The van der Waals surface area contributed by atoms with Crippen LogP contribution in [0.5, 0.6) is 0 Å². The van der Waals surface area contributed by atoms with Gasteiger partial charge < -0.3 is 15.1 Å². The molecule has 0 aromatic heterocycles. The van der Waals surface area contributed by atoms with Gasteiger partial charge in [0.05, 0.1) is 5.54 Å². The van der Waals surface area contributed by atoms with Crippen molar-refractivity contribution in [1.82, 2.24) is 10.2 Å². The number of nitrogens with zero attached hydrogens (tertiary/aromatic N) is 2. The van der Waals surface area contributed by atoms with Gasteiger partial charge in [-0.2, -0.15) is 0 Å². The largest absolute Gasteiger partial charge is 0.369 e. The Balaban J connectivity index is 1.45. The Bertz CT molecular complexity index is 883. The highest BCUT2D eigenvalue weighted by Gasteiger charge is 2.45. The molecule has 1 aliphatic carbocycles. The van der Waals surface area contributed by atoms with E-state index in [0.717, 1.165) is 44.6 Å².